The van der Waals surface area contributed by atoms with Crippen LogP contribution in [0.1, 0.15) is 27.9 Å². The molecule has 0 spiro atoms. The Labute approximate surface area is 136 Å². The van der Waals surface area contributed by atoms with E-state index in [9.17, 15) is 4.79 Å². The van der Waals surface area contributed by atoms with Gasteiger partial charge in [-0.2, -0.15) is 0 Å². The molecule has 23 heavy (non-hydrogen) atoms. The van der Waals surface area contributed by atoms with Crippen LogP contribution in [0.2, 0.25) is 0 Å². The van der Waals surface area contributed by atoms with Crippen LogP contribution in [0.4, 0.5) is 5.69 Å². The summed E-state index contributed by atoms with van der Waals surface area (Å²) in [7, 11) is 3.96. The van der Waals surface area contributed by atoms with E-state index in [2.05, 4.69) is 0 Å². The first kappa shape index (κ1) is 15.6. The maximum Gasteiger partial charge on any atom is 0.254 e. The fourth-order valence-electron chi connectivity index (χ4n) is 2.78. The van der Waals surface area contributed by atoms with Crippen LogP contribution in [-0.2, 0) is 4.74 Å². The van der Waals surface area contributed by atoms with E-state index in [4.69, 9.17) is 9.15 Å². The van der Waals surface area contributed by atoms with Gasteiger partial charge < -0.3 is 19.0 Å². The van der Waals surface area contributed by atoms with Gasteiger partial charge in [-0.3, -0.25) is 4.79 Å². The number of carbonyl (C=O) groups is 1. The molecule has 0 saturated carbocycles. The third-order valence-electron chi connectivity index (χ3n) is 4.11. The minimum Gasteiger partial charge on any atom is -0.464 e. The van der Waals surface area contributed by atoms with Crippen molar-refractivity contribution in [2.24, 2.45) is 0 Å². The Kier molecular flexibility index (Phi) is 4.39. The number of carbonyl (C=O) groups excluding carboxylic acids is 1. The lowest BCUT2D eigenvalue weighted by Gasteiger charge is -2.34. The molecule has 1 fully saturated rings. The van der Waals surface area contributed by atoms with Crippen LogP contribution >= 0.6 is 0 Å². The molecule has 0 unspecified atom stereocenters. The van der Waals surface area contributed by atoms with Crippen LogP contribution < -0.4 is 4.90 Å². The summed E-state index contributed by atoms with van der Waals surface area (Å²) < 4.78 is 11.3. The fraction of sp³-hybridized carbons (Fsp3) is 0.389. The van der Waals surface area contributed by atoms with Gasteiger partial charge >= 0.3 is 0 Å². The molecule has 1 aliphatic heterocycles. The monoisotopic (exact) mass is 314 g/mol. The molecule has 0 bridgehead atoms. The minimum absolute atomic E-state index is 0.0117. The lowest BCUT2D eigenvalue weighted by Crippen LogP contribution is -2.43. The van der Waals surface area contributed by atoms with Crippen LogP contribution in [0.5, 0.6) is 0 Å². The number of morpholine rings is 1. The first-order chi connectivity index (χ1) is 11.1. The van der Waals surface area contributed by atoms with Crippen molar-refractivity contribution >= 4 is 11.6 Å². The topological polar surface area (TPSA) is 45.9 Å². The van der Waals surface area contributed by atoms with Crippen LogP contribution in [0.3, 0.4) is 0 Å². The second kappa shape index (κ2) is 6.46. The molecular weight excluding hydrogens is 292 g/mol. The zero-order valence-electron chi connectivity index (χ0n) is 13.8. The van der Waals surface area contributed by atoms with Crippen molar-refractivity contribution in [3.05, 3.63) is 53.5 Å². The molecule has 3 rings (SSSR count). The number of nitrogens with zero attached hydrogens (tertiary/aromatic N) is 2. The van der Waals surface area contributed by atoms with Gasteiger partial charge in [0.25, 0.3) is 5.91 Å². The molecule has 1 saturated heterocycles. The molecule has 0 radical (unpaired) electrons. The Morgan fingerprint density at radius 2 is 1.91 bits per heavy atom. The normalized spacial score (nSPS) is 18.0. The molecule has 1 aliphatic rings. The number of hydrogen-bond donors (Lipinski definition) is 0. The largest absolute Gasteiger partial charge is 0.464 e. The van der Waals surface area contributed by atoms with Gasteiger partial charge in [-0.1, -0.05) is 0 Å². The molecule has 2 heterocycles. The Morgan fingerprint density at radius 3 is 2.52 bits per heavy atom. The fourth-order valence-corrected chi connectivity index (χ4v) is 2.78. The van der Waals surface area contributed by atoms with E-state index in [1.54, 1.807) is 0 Å². The lowest BCUT2D eigenvalue weighted by molar-refractivity contribution is -0.00894. The van der Waals surface area contributed by atoms with E-state index in [-0.39, 0.29) is 11.9 Å². The second-order valence-electron chi connectivity index (χ2n) is 5.98. The summed E-state index contributed by atoms with van der Waals surface area (Å²) in [6.07, 6.45) is 0. The summed E-state index contributed by atoms with van der Waals surface area (Å²) >= 11 is 0. The Balaban J connectivity index is 1.83. The third-order valence-corrected chi connectivity index (χ3v) is 4.11. The number of amides is 1. The minimum atomic E-state index is -0.168. The van der Waals surface area contributed by atoms with E-state index in [1.165, 1.54) is 0 Å². The SMILES string of the molecule is Cc1ccc([C@@H]2COCCN2C(=O)c2ccc(N(C)C)cc2)o1. The molecule has 0 N–H and O–H groups in total. The number of rotatable bonds is 3. The number of furan rings is 1. The summed E-state index contributed by atoms with van der Waals surface area (Å²) in [6.45, 7) is 3.49. The van der Waals surface area contributed by atoms with Gasteiger partial charge in [-0.25, -0.2) is 0 Å². The first-order valence-corrected chi connectivity index (χ1v) is 7.78. The average Bonchev–Trinajstić information content (AvgIpc) is 3.00. The van der Waals surface area contributed by atoms with E-state index in [0.717, 1.165) is 17.2 Å². The maximum atomic E-state index is 12.9. The maximum absolute atomic E-state index is 12.9. The molecule has 1 amide bonds. The molecule has 5 nitrogen and oxygen atoms in total. The third kappa shape index (κ3) is 3.24. The van der Waals surface area contributed by atoms with Crippen molar-refractivity contribution < 1.29 is 13.9 Å². The standard InChI is InChI=1S/C18H22N2O3/c1-13-4-9-17(23-13)16-12-22-11-10-20(16)18(21)14-5-7-15(8-6-14)19(2)3/h4-9,16H,10-12H2,1-3H3/t16-/m0/s1. The zero-order chi connectivity index (χ0) is 16.4. The molecule has 122 valence electrons. The Bertz CT molecular complexity index is 676. The van der Waals surface area contributed by atoms with Gasteiger partial charge in [-0.15, -0.1) is 0 Å². The number of anilines is 1. The molecule has 1 aromatic heterocycles. The summed E-state index contributed by atoms with van der Waals surface area (Å²) in [5.74, 6) is 1.63. The highest BCUT2D eigenvalue weighted by Gasteiger charge is 2.31. The predicted octanol–water partition coefficient (Wildman–Crippen LogP) is 2.87. The molecule has 5 heteroatoms. The predicted molar refractivity (Wildman–Crippen MR) is 88.8 cm³/mol. The molecule has 0 aliphatic carbocycles. The smallest absolute Gasteiger partial charge is 0.254 e. The lowest BCUT2D eigenvalue weighted by atomic mass is 10.1. The van der Waals surface area contributed by atoms with Gasteiger partial charge in [-0.05, 0) is 43.3 Å². The van der Waals surface area contributed by atoms with Crippen molar-refractivity contribution in [1.82, 2.24) is 4.90 Å². The van der Waals surface area contributed by atoms with Crippen molar-refractivity contribution in [2.75, 3.05) is 38.8 Å². The van der Waals surface area contributed by atoms with Gasteiger partial charge in [0, 0.05) is 31.9 Å². The van der Waals surface area contributed by atoms with E-state index < -0.39 is 0 Å². The quantitative estimate of drug-likeness (QED) is 0.874. The Morgan fingerprint density at radius 1 is 1.17 bits per heavy atom. The van der Waals surface area contributed by atoms with E-state index in [1.807, 2.05) is 67.2 Å². The number of ether oxygens (including phenoxy) is 1. The van der Waals surface area contributed by atoms with E-state index in [0.29, 0.717) is 25.3 Å². The summed E-state index contributed by atoms with van der Waals surface area (Å²) in [5, 5.41) is 0. The van der Waals surface area contributed by atoms with Crippen molar-refractivity contribution in [1.29, 1.82) is 0 Å². The average molecular weight is 314 g/mol. The molecule has 1 atom stereocenters. The van der Waals surface area contributed by atoms with Crippen molar-refractivity contribution in [3.63, 3.8) is 0 Å². The van der Waals surface area contributed by atoms with Gasteiger partial charge in [0.15, 0.2) is 0 Å². The Hall–Kier alpha value is -2.27. The van der Waals surface area contributed by atoms with E-state index >= 15 is 0 Å². The summed E-state index contributed by atoms with van der Waals surface area (Å²) in [5.41, 5.74) is 1.76. The van der Waals surface area contributed by atoms with Crippen LogP contribution in [0, 0.1) is 6.92 Å². The van der Waals surface area contributed by atoms with Crippen molar-refractivity contribution in [2.45, 2.75) is 13.0 Å². The molecule has 1 aromatic carbocycles. The first-order valence-electron chi connectivity index (χ1n) is 7.78. The van der Waals surface area contributed by atoms with Crippen LogP contribution in [0.25, 0.3) is 0 Å². The highest BCUT2D eigenvalue weighted by molar-refractivity contribution is 5.95. The van der Waals surface area contributed by atoms with Crippen molar-refractivity contribution in [3.8, 4) is 0 Å². The van der Waals surface area contributed by atoms with Gasteiger partial charge in [0.1, 0.15) is 17.6 Å². The zero-order valence-corrected chi connectivity index (χ0v) is 13.8. The van der Waals surface area contributed by atoms with Crippen LogP contribution in [0.15, 0.2) is 40.8 Å². The summed E-state index contributed by atoms with van der Waals surface area (Å²) in [4.78, 5) is 16.7. The van der Waals surface area contributed by atoms with Crippen LogP contribution in [-0.4, -0.2) is 44.7 Å². The highest BCUT2D eigenvalue weighted by Crippen LogP contribution is 2.27. The highest BCUT2D eigenvalue weighted by atomic mass is 16.5. The molecule has 2 aromatic rings. The molecular formula is C18H22N2O3. The van der Waals surface area contributed by atoms with Gasteiger partial charge in [0.2, 0.25) is 0 Å². The summed E-state index contributed by atoms with van der Waals surface area (Å²) in [6, 6.07) is 11.3. The number of hydrogen-bond acceptors (Lipinski definition) is 4. The number of benzene rings is 1. The van der Waals surface area contributed by atoms with Gasteiger partial charge in [0.05, 0.1) is 13.2 Å². The number of aryl methyl sites for hydroxylation is 1. The second-order valence-corrected chi connectivity index (χ2v) is 5.98.